The van der Waals surface area contributed by atoms with Gasteiger partial charge in [0.15, 0.2) is 0 Å². The fraction of sp³-hybridized carbons (Fsp3) is 0.389. The van der Waals surface area contributed by atoms with Gasteiger partial charge in [-0.3, -0.25) is 4.98 Å². The van der Waals surface area contributed by atoms with Crippen molar-refractivity contribution in [3.8, 4) is 11.3 Å². The largest absolute Gasteiger partial charge is 0.256 e. The Kier molecular flexibility index (Phi) is 3.75. The molecule has 0 N–H and O–H groups in total. The SMILES string of the molecule is CCC(C)(C)c1ccc(-c2ccc(C)cc2C)nc1. The number of rotatable bonds is 3. The molecule has 2 rings (SSSR count). The number of benzene rings is 1. The highest BCUT2D eigenvalue weighted by atomic mass is 14.7. The van der Waals surface area contributed by atoms with E-state index in [2.05, 4.69) is 69.9 Å². The molecule has 1 aromatic heterocycles. The highest BCUT2D eigenvalue weighted by molar-refractivity contribution is 5.64. The van der Waals surface area contributed by atoms with Gasteiger partial charge in [-0.05, 0) is 42.9 Å². The first-order chi connectivity index (χ1) is 8.94. The van der Waals surface area contributed by atoms with Crippen LogP contribution in [0.1, 0.15) is 43.9 Å². The Morgan fingerprint density at radius 2 is 1.79 bits per heavy atom. The first-order valence-electron chi connectivity index (χ1n) is 6.98. The molecular weight excluding hydrogens is 230 g/mol. The van der Waals surface area contributed by atoms with E-state index in [1.54, 1.807) is 0 Å². The van der Waals surface area contributed by atoms with E-state index in [-0.39, 0.29) is 5.41 Å². The lowest BCUT2D eigenvalue weighted by atomic mass is 9.83. The molecule has 0 aliphatic rings. The standard InChI is InChI=1S/C18H23N/c1-6-18(4,5)15-8-10-17(19-12-15)16-9-7-13(2)11-14(16)3/h7-12H,6H2,1-5H3. The maximum Gasteiger partial charge on any atom is 0.0704 e. The van der Waals surface area contributed by atoms with Crippen molar-refractivity contribution in [1.29, 1.82) is 0 Å². The quantitative estimate of drug-likeness (QED) is 0.745. The summed E-state index contributed by atoms with van der Waals surface area (Å²) in [5.74, 6) is 0. The second-order valence-electron chi connectivity index (χ2n) is 5.99. The van der Waals surface area contributed by atoms with Crippen LogP contribution in [-0.2, 0) is 5.41 Å². The van der Waals surface area contributed by atoms with Crippen molar-refractivity contribution in [2.24, 2.45) is 0 Å². The molecular formula is C18H23N. The number of nitrogens with zero attached hydrogens (tertiary/aromatic N) is 1. The van der Waals surface area contributed by atoms with E-state index >= 15 is 0 Å². The lowest BCUT2D eigenvalue weighted by molar-refractivity contribution is 0.504. The molecule has 100 valence electrons. The average molecular weight is 253 g/mol. The van der Waals surface area contributed by atoms with Crippen LogP contribution in [-0.4, -0.2) is 4.98 Å². The van der Waals surface area contributed by atoms with Gasteiger partial charge in [0, 0.05) is 11.8 Å². The van der Waals surface area contributed by atoms with Crippen LogP contribution in [0.5, 0.6) is 0 Å². The molecule has 0 spiro atoms. The van der Waals surface area contributed by atoms with Crippen LogP contribution in [0.15, 0.2) is 36.5 Å². The molecule has 0 bridgehead atoms. The van der Waals surface area contributed by atoms with Crippen LogP contribution >= 0.6 is 0 Å². The molecule has 0 unspecified atom stereocenters. The lowest BCUT2D eigenvalue weighted by Gasteiger charge is -2.23. The van der Waals surface area contributed by atoms with Crippen LogP contribution in [0.3, 0.4) is 0 Å². The third-order valence-corrected chi connectivity index (χ3v) is 4.09. The van der Waals surface area contributed by atoms with E-state index in [9.17, 15) is 0 Å². The van der Waals surface area contributed by atoms with E-state index < -0.39 is 0 Å². The molecule has 1 nitrogen and oxygen atoms in total. The van der Waals surface area contributed by atoms with Gasteiger partial charge in [0.25, 0.3) is 0 Å². The maximum atomic E-state index is 4.65. The molecule has 0 aliphatic heterocycles. The van der Waals surface area contributed by atoms with Crippen LogP contribution in [0, 0.1) is 13.8 Å². The predicted octanol–water partition coefficient (Wildman–Crippen LogP) is 5.05. The van der Waals surface area contributed by atoms with Crippen LogP contribution < -0.4 is 0 Å². The van der Waals surface area contributed by atoms with Gasteiger partial charge in [-0.15, -0.1) is 0 Å². The van der Waals surface area contributed by atoms with Crippen LogP contribution in [0.25, 0.3) is 11.3 Å². The molecule has 0 fully saturated rings. The number of aromatic nitrogens is 1. The molecule has 0 radical (unpaired) electrons. The number of hydrogen-bond donors (Lipinski definition) is 0. The minimum Gasteiger partial charge on any atom is -0.256 e. The Bertz CT molecular complexity index is 565. The third-order valence-electron chi connectivity index (χ3n) is 4.09. The Balaban J connectivity index is 2.38. The van der Waals surface area contributed by atoms with Crippen molar-refractivity contribution >= 4 is 0 Å². The summed E-state index contributed by atoms with van der Waals surface area (Å²) in [4.78, 5) is 4.65. The predicted molar refractivity (Wildman–Crippen MR) is 82.5 cm³/mol. The summed E-state index contributed by atoms with van der Waals surface area (Å²) in [5.41, 5.74) is 6.39. The van der Waals surface area contributed by atoms with E-state index in [0.717, 1.165) is 12.1 Å². The van der Waals surface area contributed by atoms with Gasteiger partial charge in [0.2, 0.25) is 0 Å². The molecule has 0 amide bonds. The van der Waals surface area contributed by atoms with Crippen molar-refractivity contribution < 1.29 is 0 Å². The van der Waals surface area contributed by atoms with Crippen molar-refractivity contribution in [2.75, 3.05) is 0 Å². The molecule has 2 aromatic rings. The zero-order chi connectivity index (χ0) is 14.0. The van der Waals surface area contributed by atoms with Gasteiger partial charge in [0.05, 0.1) is 5.69 Å². The summed E-state index contributed by atoms with van der Waals surface area (Å²) in [5, 5.41) is 0. The summed E-state index contributed by atoms with van der Waals surface area (Å²) in [7, 11) is 0. The van der Waals surface area contributed by atoms with Gasteiger partial charge >= 0.3 is 0 Å². The first kappa shape index (κ1) is 13.8. The van der Waals surface area contributed by atoms with Gasteiger partial charge in [-0.1, -0.05) is 50.6 Å². The summed E-state index contributed by atoms with van der Waals surface area (Å²) in [6.07, 6.45) is 3.15. The van der Waals surface area contributed by atoms with Crippen molar-refractivity contribution in [2.45, 2.75) is 46.5 Å². The summed E-state index contributed by atoms with van der Waals surface area (Å²) in [6.45, 7) is 11.0. The van der Waals surface area contributed by atoms with E-state index in [0.29, 0.717) is 0 Å². The fourth-order valence-electron chi connectivity index (χ4n) is 2.26. The van der Waals surface area contributed by atoms with Crippen molar-refractivity contribution in [3.63, 3.8) is 0 Å². The molecule has 1 heteroatoms. The normalized spacial score (nSPS) is 11.6. The van der Waals surface area contributed by atoms with Gasteiger partial charge in [-0.25, -0.2) is 0 Å². The van der Waals surface area contributed by atoms with Gasteiger partial charge in [-0.2, -0.15) is 0 Å². The molecule has 0 saturated heterocycles. The zero-order valence-corrected chi connectivity index (χ0v) is 12.6. The van der Waals surface area contributed by atoms with E-state index in [4.69, 9.17) is 0 Å². The monoisotopic (exact) mass is 253 g/mol. The van der Waals surface area contributed by atoms with E-state index in [1.165, 1.54) is 22.3 Å². The molecule has 1 heterocycles. The second-order valence-corrected chi connectivity index (χ2v) is 5.99. The number of pyridine rings is 1. The smallest absolute Gasteiger partial charge is 0.0704 e. The highest BCUT2D eigenvalue weighted by Crippen LogP contribution is 2.28. The van der Waals surface area contributed by atoms with Crippen molar-refractivity contribution in [3.05, 3.63) is 53.2 Å². The average Bonchev–Trinajstić information content (AvgIpc) is 2.39. The molecule has 0 saturated carbocycles. The number of aryl methyl sites for hydroxylation is 2. The van der Waals surface area contributed by atoms with Gasteiger partial charge < -0.3 is 0 Å². The first-order valence-corrected chi connectivity index (χ1v) is 6.98. The van der Waals surface area contributed by atoms with Crippen LogP contribution in [0.4, 0.5) is 0 Å². The van der Waals surface area contributed by atoms with Crippen LogP contribution in [0.2, 0.25) is 0 Å². The lowest BCUT2D eigenvalue weighted by Crippen LogP contribution is -2.15. The van der Waals surface area contributed by atoms with E-state index in [1.807, 2.05) is 6.20 Å². The second kappa shape index (κ2) is 5.16. The topological polar surface area (TPSA) is 12.9 Å². The summed E-state index contributed by atoms with van der Waals surface area (Å²) in [6, 6.07) is 10.9. The highest BCUT2D eigenvalue weighted by Gasteiger charge is 2.18. The minimum atomic E-state index is 0.202. The van der Waals surface area contributed by atoms with Crippen molar-refractivity contribution in [1.82, 2.24) is 4.98 Å². The molecule has 0 atom stereocenters. The fourth-order valence-corrected chi connectivity index (χ4v) is 2.26. The van der Waals surface area contributed by atoms with Gasteiger partial charge in [0.1, 0.15) is 0 Å². The Hall–Kier alpha value is -1.63. The third kappa shape index (κ3) is 2.86. The zero-order valence-electron chi connectivity index (χ0n) is 12.6. The summed E-state index contributed by atoms with van der Waals surface area (Å²) < 4.78 is 0. The minimum absolute atomic E-state index is 0.202. The molecule has 1 aromatic carbocycles. The Morgan fingerprint density at radius 3 is 2.32 bits per heavy atom. The summed E-state index contributed by atoms with van der Waals surface area (Å²) >= 11 is 0. The Labute approximate surface area is 116 Å². The Morgan fingerprint density at radius 1 is 1.05 bits per heavy atom. The molecule has 19 heavy (non-hydrogen) atoms. The molecule has 0 aliphatic carbocycles. The number of hydrogen-bond acceptors (Lipinski definition) is 1. The maximum absolute atomic E-state index is 4.65.